The van der Waals surface area contributed by atoms with Crippen LogP contribution in [-0.4, -0.2) is 23.6 Å². The molecule has 0 fully saturated rings. The first kappa shape index (κ1) is 11.4. The molecule has 0 bridgehead atoms. The van der Waals surface area contributed by atoms with E-state index in [9.17, 15) is 4.79 Å². The van der Waals surface area contributed by atoms with E-state index in [1.807, 2.05) is 19.9 Å². The van der Waals surface area contributed by atoms with Crippen molar-refractivity contribution in [2.24, 2.45) is 10.7 Å². The number of nitrogens with two attached hydrogens (primary N) is 1. The third-order valence-corrected chi connectivity index (χ3v) is 3.51. The minimum absolute atomic E-state index is 0.0172. The Bertz CT molecular complexity index is 552. The average molecular weight is 244 g/mol. The summed E-state index contributed by atoms with van der Waals surface area (Å²) in [5.74, 6) is 0.937. The fourth-order valence-electron chi connectivity index (χ4n) is 2.70. The molecule has 2 unspecified atom stereocenters. The minimum Gasteiger partial charge on any atom is -0.486 e. The summed E-state index contributed by atoms with van der Waals surface area (Å²) in [5, 5.41) is 0. The molecule has 2 aliphatic carbocycles. The van der Waals surface area contributed by atoms with Crippen LogP contribution in [0.15, 0.2) is 39.7 Å². The van der Waals surface area contributed by atoms with Crippen LogP contribution in [0, 0.1) is 0 Å². The van der Waals surface area contributed by atoms with E-state index in [4.69, 9.17) is 10.5 Å². The predicted octanol–water partition coefficient (Wildman–Crippen LogP) is 1.63. The Morgan fingerprint density at radius 2 is 2.11 bits per heavy atom. The van der Waals surface area contributed by atoms with Gasteiger partial charge in [-0.3, -0.25) is 4.79 Å². The summed E-state index contributed by atoms with van der Waals surface area (Å²) in [6.45, 7) is 3.90. The second kappa shape index (κ2) is 3.92. The van der Waals surface area contributed by atoms with Crippen molar-refractivity contribution in [1.82, 2.24) is 0 Å². The van der Waals surface area contributed by atoms with Crippen LogP contribution in [-0.2, 0) is 9.53 Å². The van der Waals surface area contributed by atoms with Crippen molar-refractivity contribution in [2.75, 3.05) is 0 Å². The van der Waals surface area contributed by atoms with Crippen molar-refractivity contribution in [3.63, 3.8) is 0 Å². The van der Waals surface area contributed by atoms with Crippen LogP contribution in [0.1, 0.15) is 26.7 Å². The van der Waals surface area contributed by atoms with Gasteiger partial charge in [-0.2, -0.15) is 0 Å². The van der Waals surface area contributed by atoms with Gasteiger partial charge in [0.25, 0.3) is 0 Å². The number of carbonyl (C=O) groups is 1. The summed E-state index contributed by atoms with van der Waals surface area (Å²) < 4.78 is 5.94. The molecule has 3 rings (SSSR count). The highest BCUT2D eigenvalue weighted by Crippen LogP contribution is 2.34. The molecule has 0 spiro atoms. The summed E-state index contributed by atoms with van der Waals surface area (Å²) in [7, 11) is 0. The Balaban J connectivity index is 2.05. The van der Waals surface area contributed by atoms with E-state index >= 15 is 0 Å². The summed E-state index contributed by atoms with van der Waals surface area (Å²) in [6, 6.07) is -0.0172. The molecule has 2 N–H and O–H groups in total. The van der Waals surface area contributed by atoms with Gasteiger partial charge in [0.1, 0.15) is 17.6 Å². The van der Waals surface area contributed by atoms with E-state index in [2.05, 4.69) is 4.99 Å². The van der Waals surface area contributed by atoms with Gasteiger partial charge in [-0.15, -0.1) is 0 Å². The second-order valence-corrected chi connectivity index (χ2v) is 5.09. The summed E-state index contributed by atoms with van der Waals surface area (Å²) in [5.41, 5.74) is 9.68. The Morgan fingerprint density at radius 1 is 1.33 bits per heavy atom. The zero-order valence-electron chi connectivity index (χ0n) is 10.6. The number of allylic oxidation sites excluding steroid dienone is 2. The number of fused-ring (bicyclic) bond motifs is 1. The van der Waals surface area contributed by atoms with E-state index in [0.29, 0.717) is 12.8 Å². The molecule has 0 saturated heterocycles. The van der Waals surface area contributed by atoms with Gasteiger partial charge in [0.2, 0.25) is 0 Å². The Morgan fingerprint density at radius 3 is 2.89 bits per heavy atom. The van der Waals surface area contributed by atoms with Crippen molar-refractivity contribution in [2.45, 2.75) is 38.8 Å². The number of nitrogens with zero attached hydrogens (tertiary/aromatic N) is 1. The molecule has 0 aromatic heterocycles. The van der Waals surface area contributed by atoms with Crippen LogP contribution in [0.5, 0.6) is 0 Å². The molecule has 1 aliphatic heterocycles. The molecule has 1 heterocycles. The summed E-state index contributed by atoms with van der Waals surface area (Å²) >= 11 is 0. The van der Waals surface area contributed by atoms with Gasteiger partial charge in [0.15, 0.2) is 5.78 Å². The summed E-state index contributed by atoms with van der Waals surface area (Å²) in [4.78, 5) is 16.2. The van der Waals surface area contributed by atoms with Crippen molar-refractivity contribution in [3.8, 4) is 0 Å². The normalized spacial score (nSPS) is 30.8. The molecule has 4 heteroatoms. The van der Waals surface area contributed by atoms with E-state index in [0.717, 1.165) is 28.3 Å². The number of carbonyl (C=O) groups excluding carboxylic acids is 1. The van der Waals surface area contributed by atoms with Crippen LogP contribution < -0.4 is 5.73 Å². The Kier molecular flexibility index (Phi) is 2.48. The maximum absolute atomic E-state index is 11.6. The van der Waals surface area contributed by atoms with Gasteiger partial charge in [0.05, 0.1) is 12.1 Å². The lowest BCUT2D eigenvalue weighted by molar-refractivity contribution is -0.116. The molecule has 2 atom stereocenters. The topological polar surface area (TPSA) is 64.7 Å². The van der Waals surface area contributed by atoms with Crippen LogP contribution >= 0.6 is 0 Å². The van der Waals surface area contributed by atoms with Crippen molar-refractivity contribution in [1.29, 1.82) is 0 Å². The molecular weight excluding hydrogens is 228 g/mol. The van der Waals surface area contributed by atoms with Crippen molar-refractivity contribution in [3.05, 3.63) is 34.8 Å². The fourth-order valence-corrected chi connectivity index (χ4v) is 2.70. The van der Waals surface area contributed by atoms with Gasteiger partial charge in [0, 0.05) is 12.5 Å². The number of aliphatic imine (C=N–C) groups is 1. The molecule has 4 nitrogen and oxygen atoms in total. The third-order valence-electron chi connectivity index (χ3n) is 3.51. The average Bonchev–Trinajstić information content (AvgIpc) is 2.26. The van der Waals surface area contributed by atoms with Crippen LogP contribution in [0.3, 0.4) is 0 Å². The molecule has 3 aliphatic rings. The second-order valence-electron chi connectivity index (χ2n) is 5.09. The summed E-state index contributed by atoms with van der Waals surface area (Å²) in [6.07, 6.45) is 4.48. The van der Waals surface area contributed by atoms with E-state index < -0.39 is 0 Å². The Labute approximate surface area is 106 Å². The molecular formula is C14H16N2O2. The molecule has 94 valence electrons. The van der Waals surface area contributed by atoms with E-state index in [-0.39, 0.29) is 17.9 Å². The first-order chi connectivity index (χ1) is 8.54. The fraction of sp³-hybridized carbons (Fsp3) is 0.429. The lowest BCUT2D eigenvalue weighted by Crippen LogP contribution is -2.36. The molecule has 0 aromatic carbocycles. The lowest BCUT2D eigenvalue weighted by Gasteiger charge is -2.33. The van der Waals surface area contributed by atoms with Crippen LogP contribution in [0.25, 0.3) is 0 Å². The quantitative estimate of drug-likeness (QED) is 0.704. The van der Waals surface area contributed by atoms with Crippen LogP contribution in [0.2, 0.25) is 0 Å². The highest BCUT2D eigenvalue weighted by molar-refractivity contribution is 6.14. The zero-order valence-corrected chi connectivity index (χ0v) is 10.6. The highest BCUT2D eigenvalue weighted by atomic mass is 16.5. The predicted molar refractivity (Wildman–Crippen MR) is 69.1 cm³/mol. The monoisotopic (exact) mass is 244 g/mol. The van der Waals surface area contributed by atoms with Gasteiger partial charge in [-0.25, -0.2) is 4.99 Å². The van der Waals surface area contributed by atoms with Crippen molar-refractivity contribution < 1.29 is 9.53 Å². The van der Waals surface area contributed by atoms with E-state index in [1.165, 1.54) is 0 Å². The maximum Gasteiger partial charge on any atom is 0.160 e. The maximum atomic E-state index is 11.6. The molecule has 0 amide bonds. The van der Waals surface area contributed by atoms with Gasteiger partial charge in [-0.1, -0.05) is 6.08 Å². The van der Waals surface area contributed by atoms with Gasteiger partial charge in [-0.05, 0) is 31.1 Å². The largest absolute Gasteiger partial charge is 0.486 e. The first-order valence-corrected chi connectivity index (χ1v) is 6.19. The number of hydrogen-bond donors (Lipinski definition) is 1. The smallest absolute Gasteiger partial charge is 0.160 e. The number of ketones is 1. The molecule has 0 aromatic rings. The molecule has 0 radical (unpaired) electrons. The lowest BCUT2D eigenvalue weighted by atomic mass is 9.91. The van der Waals surface area contributed by atoms with Gasteiger partial charge < -0.3 is 10.5 Å². The zero-order chi connectivity index (χ0) is 12.9. The molecule has 0 saturated carbocycles. The number of rotatable bonds is 0. The number of hydrogen-bond acceptors (Lipinski definition) is 4. The van der Waals surface area contributed by atoms with Crippen LogP contribution in [0.4, 0.5) is 0 Å². The molecule has 18 heavy (non-hydrogen) atoms. The number of ether oxygens (including phenoxy) is 1. The first-order valence-electron chi connectivity index (χ1n) is 6.19. The highest BCUT2D eigenvalue weighted by Gasteiger charge is 2.34. The van der Waals surface area contributed by atoms with E-state index in [1.54, 1.807) is 6.08 Å². The Hall–Kier alpha value is -1.68. The SMILES string of the molecule is CC1=CC(=O)CC2OC3=C(N=C12)C(C)=CC(N)C3. The standard InChI is InChI=1S/C14H16N2O2/c1-7-3-9(15)5-11-13(7)16-14-8(2)4-10(17)6-12(14)18-11/h3-4,9,12H,5-6,15H2,1-2H3. The van der Waals surface area contributed by atoms with Crippen molar-refractivity contribution >= 4 is 11.5 Å². The third kappa shape index (κ3) is 1.73. The minimum atomic E-state index is -0.223. The van der Waals surface area contributed by atoms with Gasteiger partial charge >= 0.3 is 0 Å².